The third-order valence-corrected chi connectivity index (χ3v) is 2.38. The van der Waals surface area contributed by atoms with E-state index < -0.39 is 5.97 Å². The molecule has 0 aromatic heterocycles. The second-order valence-corrected chi connectivity index (χ2v) is 4.03. The van der Waals surface area contributed by atoms with Crippen LogP contribution < -0.4 is 5.32 Å². The molecule has 0 spiro atoms. The smallest absolute Gasteiger partial charge is 0.306 e. The Morgan fingerprint density at radius 1 is 1.50 bits per heavy atom. The summed E-state index contributed by atoms with van der Waals surface area (Å²) < 4.78 is 0. The van der Waals surface area contributed by atoms with Gasteiger partial charge >= 0.3 is 5.97 Å². The van der Waals surface area contributed by atoms with Crippen molar-refractivity contribution in [2.75, 3.05) is 18.6 Å². The van der Waals surface area contributed by atoms with Gasteiger partial charge in [-0.3, -0.25) is 9.59 Å². The van der Waals surface area contributed by atoms with Crippen molar-refractivity contribution in [2.24, 2.45) is 5.92 Å². The highest BCUT2D eigenvalue weighted by molar-refractivity contribution is 7.99. The van der Waals surface area contributed by atoms with Gasteiger partial charge in [0.15, 0.2) is 0 Å². The van der Waals surface area contributed by atoms with Gasteiger partial charge in [0, 0.05) is 6.54 Å². The van der Waals surface area contributed by atoms with Gasteiger partial charge in [-0.05, 0) is 19.1 Å². The molecule has 0 rings (SSSR count). The lowest BCUT2D eigenvalue weighted by Gasteiger charge is -2.06. The molecule has 82 valence electrons. The summed E-state index contributed by atoms with van der Waals surface area (Å²) >= 11 is 1.47. The summed E-state index contributed by atoms with van der Waals surface area (Å²) in [5.74, 6) is -0.623. The van der Waals surface area contributed by atoms with Gasteiger partial charge < -0.3 is 10.4 Å². The number of aliphatic carboxylic acids is 1. The van der Waals surface area contributed by atoms with E-state index in [-0.39, 0.29) is 11.8 Å². The molecular weight excluding hydrogens is 202 g/mol. The first-order valence-corrected chi connectivity index (χ1v) is 5.95. The third-order valence-electron chi connectivity index (χ3n) is 1.83. The van der Waals surface area contributed by atoms with E-state index in [1.165, 1.54) is 11.8 Å². The molecule has 1 atom stereocenters. The Balaban J connectivity index is 3.37. The van der Waals surface area contributed by atoms with Crippen LogP contribution in [0.2, 0.25) is 0 Å². The number of carboxylic acid groups (broad SMARTS) is 1. The van der Waals surface area contributed by atoms with Crippen molar-refractivity contribution in [3.63, 3.8) is 0 Å². The molecule has 0 radical (unpaired) electrons. The molecule has 0 fully saturated rings. The second kappa shape index (κ2) is 7.67. The van der Waals surface area contributed by atoms with Crippen LogP contribution in [0, 0.1) is 5.92 Å². The van der Waals surface area contributed by atoms with Crippen LogP contribution >= 0.6 is 11.8 Å². The summed E-state index contributed by atoms with van der Waals surface area (Å²) in [5, 5.41) is 11.3. The summed E-state index contributed by atoms with van der Waals surface area (Å²) in [6.07, 6.45) is 3.19. The van der Waals surface area contributed by atoms with Crippen LogP contribution in [0.15, 0.2) is 0 Å². The summed E-state index contributed by atoms with van der Waals surface area (Å²) in [7, 11) is 0. The van der Waals surface area contributed by atoms with E-state index in [1.807, 2.05) is 6.26 Å². The predicted octanol–water partition coefficient (Wildman–Crippen LogP) is 0.967. The molecule has 0 aliphatic heterocycles. The van der Waals surface area contributed by atoms with Gasteiger partial charge in [0.25, 0.3) is 0 Å². The number of carbonyl (C=O) groups is 2. The number of amides is 1. The molecule has 1 unspecified atom stereocenters. The number of hydrogen-bond donors (Lipinski definition) is 2. The van der Waals surface area contributed by atoms with Crippen molar-refractivity contribution < 1.29 is 14.7 Å². The van der Waals surface area contributed by atoms with Crippen LogP contribution in [0.25, 0.3) is 0 Å². The molecule has 2 N–H and O–H groups in total. The van der Waals surface area contributed by atoms with Crippen molar-refractivity contribution in [2.45, 2.75) is 19.8 Å². The van der Waals surface area contributed by atoms with Crippen LogP contribution in [0.3, 0.4) is 0 Å². The first-order valence-electron chi connectivity index (χ1n) is 4.56. The minimum absolute atomic E-state index is 0.0143. The van der Waals surface area contributed by atoms with Gasteiger partial charge in [0.2, 0.25) is 5.91 Å². The van der Waals surface area contributed by atoms with Crippen LogP contribution in [0.5, 0.6) is 0 Å². The zero-order valence-corrected chi connectivity index (χ0v) is 9.39. The van der Waals surface area contributed by atoms with Crippen LogP contribution in [0.1, 0.15) is 19.8 Å². The maximum Gasteiger partial charge on any atom is 0.306 e. The van der Waals surface area contributed by atoms with Crippen LogP contribution in [0.4, 0.5) is 0 Å². The quantitative estimate of drug-likeness (QED) is 0.626. The number of hydrogen-bond acceptors (Lipinski definition) is 3. The lowest BCUT2D eigenvalue weighted by atomic mass is 10.1. The second-order valence-electron chi connectivity index (χ2n) is 3.16. The van der Waals surface area contributed by atoms with Gasteiger partial charge in [-0.15, -0.1) is 0 Å². The Morgan fingerprint density at radius 3 is 2.64 bits per heavy atom. The maximum absolute atomic E-state index is 11.0. The van der Waals surface area contributed by atoms with E-state index in [0.717, 1.165) is 0 Å². The minimum Gasteiger partial charge on any atom is -0.481 e. The minimum atomic E-state index is -0.777. The van der Waals surface area contributed by atoms with Crippen molar-refractivity contribution in [1.29, 1.82) is 0 Å². The first-order chi connectivity index (χ1) is 6.57. The number of carbonyl (C=O) groups excluding carboxylic acids is 1. The third kappa shape index (κ3) is 6.77. The van der Waals surface area contributed by atoms with E-state index in [2.05, 4.69) is 5.32 Å². The van der Waals surface area contributed by atoms with Crippen molar-refractivity contribution in [1.82, 2.24) is 5.32 Å². The lowest BCUT2D eigenvalue weighted by molar-refractivity contribution is -0.141. The average Bonchev–Trinajstić information content (AvgIpc) is 2.12. The van der Waals surface area contributed by atoms with Crippen LogP contribution in [-0.4, -0.2) is 35.5 Å². The Morgan fingerprint density at radius 2 is 2.14 bits per heavy atom. The molecule has 0 heterocycles. The van der Waals surface area contributed by atoms with Crippen molar-refractivity contribution in [3.8, 4) is 0 Å². The van der Waals surface area contributed by atoms with Gasteiger partial charge in [0.05, 0.1) is 11.7 Å². The summed E-state index contributed by atoms with van der Waals surface area (Å²) in [6.45, 7) is 2.24. The molecule has 5 heteroatoms. The van der Waals surface area contributed by atoms with E-state index in [0.29, 0.717) is 25.1 Å². The molecule has 1 amide bonds. The molecule has 0 saturated heterocycles. The van der Waals surface area contributed by atoms with Gasteiger partial charge in [-0.1, -0.05) is 6.92 Å². The monoisotopic (exact) mass is 219 g/mol. The first kappa shape index (κ1) is 13.3. The fourth-order valence-corrected chi connectivity index (χ4v) is 1.31. The Labute approximate surface area is 88.4 Å². The number of nitrogens with one attached hydrogen (secondary N) is 1. The normalized spacial score (nSPS) is 12.1. The van der Waals surface area contributed by atoms with Crippen molar-refractivity contribution >= 4 is 23.6 Å². The van der Waals surface area contributed by atoms with Gasteiger partial charge in [0.1, 0.15) is 0 Å². The number of thioether (sulfide) groups is 1. The zero-order chi connectivity index (χ0) is 11.0. The summed E-state index contributed by atoms with van der Waals surface area (Å²) in [5.41, 5.74) is 0. The Bertz CT molecular complexity index is 196. The molecule has 0 aromatic rings. The molecule has 0 aromatic carbocycles. The molecule has 0 bridgehead atoms. The molecule has 0 aliphatic carbocycles. The fraction of sp³-hybridized carbons (Fsp3) is 0.778. The average molecular weight is 219 g/mol. The SMILES string of the molecule is CSCC(=O)NCCCC(C)C(=O)O. The highest BCUT2D eigenvalue weighted by atomic mass is 32.2. The number of carboxylic acids is 1. The van der Waals surface area contributed by atoms with Crippen LogP contribution in [-0.2, 0) is 9.59 Å². The Hall–Kier alpha value is -0.710. The highest BCUT2D eigenvalue weighted by Crippen LogP contribution is 2.04. The largest absolute Gasteiger partial charge is 0.481 e. The van der Waals surface area contributed by atoms with E-state index >= 15 is 0 Å². The van der Waals surface area contributed by atoms with Gasteiger partial charge in [-0.2, -0.15) is 11.8 Å². The van der Waals surface area contributed by atoms with Crippen molar-refractivity contribution in [3.05, 3.63) is 0 Å². The lowest BCUT2D eigenvalue weighted by Crippen LogP contribution is -2.26. The highest BCUT2D eigenvalue weighted by Gasteiger charge is 2.09. The number of rotatable bonds is 7. The van der Waals surface area contributed by atoms with E-state index in [4.69, 9.17) is 5.11 Å². The topological polar surface area (TPSA) is 66.4 Å². The Kier molecular flexibility index (Phi) is 7.28. The molecule has 4 nitrogen and oxygen atoms in total. The summed E-state index contributed by atoms with van der Waals surface area (Å²) in [4.78, 5) is 21.4. The summed E-state index contributed by atoms with van der Waals surface area (Å²) in [6, 6.07) is 0. The maximum atomic E-state index is 11.0. The standard InChI is InChI=1S/C9H17NO3S/c1-7(9(12)13)4-3-5-10-8(11)6-14-2/h7H,3-6H2,1-2H3,(H,10,11)(H,12,13). The van der Waals surface area contributed by atoms with E-state index in [1.54, 1.807) is 6.92 Å². The van der Waals surface area contributed by atoms with E-state index in [9.17, 15) is 9.59 Å². The van der Waals surface area contributed by atoms with Gasteiger partial charge in [-0.25, -0.2) is 0 Å². The fourth-order valence-electron chi connectivity index (χ4n) is 0.942. The molecule has 0 saturated carbocycles. The molecule has 14 heavy (non-hydrogen) atoms. The predicted molar refractivity (Wildman–Crippen MR) is 57.4 cm³/mol. The zero-order valence-electron chi connectivity index (χ0n) is 8.58. The molecule has 0 aliphatic rings. The molecular formula is C9H17NO3S.